The number of nitrogens with one attached hydrogen (secondary N) is 1. The van der Waals surface area contributed by atoms with Gasteiger partial charge in [-0.3, -0.25) is 4.79 Å². The second-order valence-electron chi connectivity index (χ2n) is 7.49. The number of likely N-dealkylation sites (N-methyl/N-ethyl adjacent to an activating group) is 1. The molecule has 0 heterocycles. The van der Waals surface area contributed by atoms with Crippen molar-refractivity contribution in [2.24, 2.45) is 0 Å². The average molecular weight is 469 g/mol. The van der Waals surface area contributed by atoms with Gasteiger partial charge in [0.25, 0.3) is 5.91 Å². The molecule has 0 bridgehead atoms. The van der Waals surface area contributed by atoms with Gasteiger partial charge >= 0.3 is 0 Å². The van der Waals surface area contributed by atoms with Crippen LogP contribution in [0, 0.1) is 0 Å². The van der Waals surface area contributed by atoms with Crippen molar-refractivity contribution in [2.75, 3.05) is 27.3 Å². The van der Waals surface area contributed by atoms with Crippen molar-refractivity contribution in [3.63, 3.8) is 0 Å². The number of ether oxygens (including phenoxy) is 2. The summed E-state index contributed by atoms with van der Waals surface area (Å²) in [4.78, 5) is 14.1. The molecule has 0 aliphatic carbocycles. The lowest BCUT2D eigenvalue weighted by atomic mass is 10.2. The molecule has 0 aromatic heterocycles. The molecule has 0 unspecified atom stereocenters. The summed E-state index contributed by atoms with van der Waals surface area (Å²) in [7, 11) is -0.316. The minimum atomic E-state index is -3.62. The SMILES string of the molecule is COc1ccc(CN(C)C(=O)COc2ccc(S(=O)(=O)NCCc3ccccc3)cc2)cc1. The first kappa shape index (κ1) is 24.3. The lowest BCUT2D eigenvalue weighted by Gasteiger charge is -2.18. The third-order valence-electron chi connectivity index (χ3n) is 5.05. The summed E-state index contributed by atoms with van der Waals surface area (Å²) >= 11 is 0. The van der Waals surface area contributed by atoms with E-state index >= 15 is 0 Å². The normalized spacial score (nSPS) is 11.1. The minimum Gasteiger partial charge on any atom is -0.497 e. The number of nitrogens with zero attached hydrogens (tertiary/aromatic N) is 1. The van der Waals surface area contributed by atoms with Crippen LogP contribution < -0.4 is 14.2 Å². The van der Waals surface area contributed by atoms with Crippen molar-refractivity contribution in [3.05, 3.63) is 90.0 Å². The zero-order valence-corrected chi connectivity index (χ0v) is 19.5. The van der Waals surface area contributed by atoms with E-state index < -0.39 is 10.0 Å². The molecule has 0 fully saturated rings. The van der Waals surface area contributed by atoms with Gasteiger partial charge in [-0.2, -0.15) is 0 Å². The van der Waals surface area contributed by atoms with Crippen molar-refractivity contribution in [2.45, 2.75) is 17.9 Å². The van der Waals surface area contributed by atoms with Crippen LogP contribution in [-0.4, -0.2) is 46.5 Å². The van der Waals surface area contributed by atoms with E-state index in [-0.39, 0.29) is 17.4 Å². The average Bonchev–Trinajstić information content (AvgIpc) is 2.84. The van der Waals surface area contributed by atoms with E-state index in [1.54, 1.807) is 31.2 Å². The Morgan fingerprint density at radius 2 is 1.52 bits per heavy atom. The van der Waals surface area contributed by atoms with E-state index in [9.17, 15) is 13.2 Å². The molecule has 7 nitrogen and oxygen atoms in total. The fraction of sp³-hybridized carbons (Fsp3) is 0.240. The topological polar surface area (TPSA) is 84.9 Å². The van der Waals surface area contributed by atoms with E-state index in [4.69, 9.17) is 9.47 Å². The molecule has 0 aliphatic rings. The molecule has 0 saturated carbocycles. The summed E-state index contributed by atoms with van der Waals surface area (Å²) in [6, 6.07) is 23.2. The predicted octanol–water partition coefficient (Wildman–Crippen LogP) is 3.25. The fourth-order valence-electron chi connectivity index (χ4n) is 3.12. The van der Waals surface area contributed by atoms with Gasteiger partial charge in [0.15, 0.2) is 6.61 Å². The Morgan fingerprint density at radius 3 is 2.15 bits per heavy atom. The second-order valence-corrected chi connectivity index (χ2v) is 9.26. The number of sulfonamides is 1. The Kier molecular flexibility index (Phi) is 8.46. The molecule has 0 saturated heterocycles. The van der Waals surface area contributed by atoms with E-state index in [0.29, 0.717) is 25.3 Å². The van der Waals surface area contributed by atoms with Gasteiger partial charge in [-0.15, -0.1) is 0 Å². The molecule has 3 aromatic rings. The molecule has 174 valence electrons. The molecule has 0 radical (unpaired) electrons. The number of amides is 1. The Balaban J connectivity index is 1.47. The Bertz CT molecular complexity index is 1130. The molecule has 3 aromatic carbocycles. The highest BCUT2D eigenvalue weighted by molar-refractivity contribution is 7.89. The minimum absolute atomic E-state index is 0.144. The molecule has 33 heavy (non-hydrogen) atoms. The van der Waals surface area contributed by atoms with Gasteiger partial charge in [0, 0.05) is 20.1 Å². The molecule has 0 atom stereocenters. The van der Waals surface area contributed by atoms with Crippen LogP contribution >= 0.6 is 0 Å². The van der Waals surface area contributed by atoms with Crippen molar-refractivity contribution in [1.82, 2.24) is 9.62 Å². The van der Waals surface area contributed by atoms with Gasteiger partial charge < -0.3 is 14.4 Å². The van der Waals surface area contributed by atoms with Crippen LogP contribution in [0.4, 0.5) is 0 Å². The first-order valence-corrected chi connectivity index (χ1v) is 12.0. The van der Waals surface area contributed by atoms with Crippen LogP contribution in [0.25, 0.3) is 0 Å². The summed E-state index contributed by atoms with van der Waals surface area (Å²) in [5.74, 6) is 0.988. The van der Waals surface area contributed by atoms with Gasteiger partial charge in [0.05, 0.1) is 12.0 Å². The van der Waals surface area contributed by atoms with Crippen LogP contribution in [-0.2, 0) is 27.8 Å². The maximum Gasteiger partial charge on any atom is 0.260 e. The van der Waals surface area contributed by atoms with Crippen LogP contribution in [0.2, 0.25) is 0 Å². The highest BCUT2D eigenvalue weighted by Crippen LogP contribution is 2.17. The van der Waals surface area contributed by atoms with Crippen LogP contribution in [0.1, 0.15) is 11.1 Å². The van der Waals surface area contributed by atoms with Gasteiger partial charge in [0.2, 0.25) is 10.0 Å². The van der Waals surface area contributed by atoms with Crippen molar-refractivity contribution in [3.8, 4) is 11.5 Å². The molecule has 0 spiro atoms. The monoisotopic (exact) mass is 468 g/mol. The largest absolute Gasteiger partial charge is 0.497 e. The van der Waals surface area contributed by atoms with Gasteiger partial charge in [-0.05, 0) is 53.9 Å². The van der Waals surface area contributed by atoms with E-state index in [2.05, 4.69) is 4.72 Å². The van der Waals surface area contributed by atoms with Gasteiger partial charge in [-0.25, -0.2) is 13.1 Å². The smallest absolute Gasteiger partial charge is 0.260 e. The number of benzene rings is 3. The Hall–Kier alpha value is -3.36. The quantitative estimate of drug-likeness (QED) is 0.467. The summed E-state index contributed by atoms with van der Waals surface area (Å²) in [6.45, 7) is 0.603. The third-order valence-corrected chi connectivity index (χ3v) is 6.53. The lowest BCUT2D eigenvalue weighted by molar-refractivity contribution is -0.132. The number of hydrogen-bond donors (Lipinski definition) is 1. The van der Waals surface area contributed by atoms with E-state index in [1.807, 2.05) is 54.6 Å². The molecule has 3 rings (SSSR count). The maximum atomic E-state index is 12.5. The molecule has 0 aliphatic heterocycles. The Labute approximate surface area is 195 Å². The summed E-state index contributed by atoms with van der Waals surface area (Å²) < 4.78 is 38.2. The first-order valence-electron chi connectivity index (χ1n) is 10.5. The van der Waals surface area contributed by atoms with Crippen molar-refractivity contribution in [1.29, 1.82) is 0 Å². The Morgan fingerprint density at radius 1 is 0.879 bits per heavy atom. The maximum absolute atomic E-state index is 12.5. The second kappa shape index (κ2) is 11.5. The summed E-state index contributed by atoms with van der Waals surface area (Å²) in [6.07, 6.45) is 0.605. The number of rotatable bonds is 11. The number of methoxy groups -OCH3 is 1. The zero-order valence-electron chi connectivity index (χ0n) is 18.7. The molecule has 8 heteroatoms. The summed E-state index contributed by atoms with van der Waals surface area (Å²) in [5.41, 5.74) is 2.03. The summed E-state index contributed by atoms with van der Waals surface area (Å²) in [5, 5.41) is 0. The highest BCUT2D eigenvalue weighted by Gasteiger charge is 2.14. The number of carbonyl (C=O) groups is 1. The van der Waals surface area contributed by atoms with Crippen LogP contribution in [0.5, 0.6) is 11.5 Å². The van der Waals surface area contributed by atoms with E-state index in [1.165, 1.54) is 12.1 Å². The van der Waals surface area contributed by atoms with Gasteiger partial charge in [-0.1, -0.05) is 42.5 Å². The van der Waals surface area contributed by atoms with Crippen molar-refractivity contribution < 1.29 is 22.7 Å². The van der Waals surface area contributed by atoms with Crippen LogP contribution in [0.3, 0.4) is 0 Å². The lowest BCUT2D eigenvalue weighted by Crippen LogP contribution is -2.31. The predicted molar refractivity (Wildman–Crippen MR) is 127 cm³/mol. The number of hydrogen-bond acceptors (Lipinski definition) is 5. The van der Waals surface area contributed by atoms with Gasteiger partial charge in [0.1, 0.15) is 11.5 Å². The zero-order chi connectivity index (χ0) is 23.7. The van der Waals surface area contributed by atoms with Crippen molar-refractivity contribution >= 4 is 15.9 Å². The number of carbonyl (C=O) groups excluding carboxylic acids is 1. The van der Waals surface area contributed by atoms with Crippen LogP contribution in [0.15, 0.2) is 83.8 Å². The first-order chi connectivity index (χ1) is 15.9. The molecule has 1 amide bonds. The molecular formula is C25H28N2O5S. The highest BCUT2D eigenvalue weighted by atomic mass is 32.2. The molecular weight excluding hydrogens is 440 g/mol. The fourth-order valence-corrected chi connectivity index (χ4v) is 4.15. The van der Waals surface area contributed by atoms with E-state index in [0.717, 1.165) is 16.9 Å². The molecule has 1 N–H and O–H groups in total. The standard InChI is InChI=1S/C25H28N2O5S/c1-27(18-21-8-10-22(31-2)11-9-21)25(28)19-32-23-12-14-24(15-13-23)33(29,30)26-17-16-20-6-4-3-5-7-20/h3-15,26H,16-19H2,1-2H3. The third kappa shape index (κ3) is 7.34.